The summed E-state index contributed by atoms with van der Waals surface area (Å²) < 4.78 is 14.1. The molecule has 0 atom stereocenters. The molecule has 0 saturated carbocycles. The lowest BCUT2D eigenvalue weighted by molar-refractivity contribution is -0.128. The van der Waals surface area contributed by atoms with Gasteiger partial charge in [0.25, 0.3) is 5.91 Å². The first-order chi connectivity index (χ1) is 15.6. The predicted molar refractivity (Wildman–Crippen MR) is 124 cm³/mol. The zero-order valence-corrected chi connectivity index (χ0v) is 19.7. The number of likely N-dealkylation sites (tertiary alicyclic amines) is 1. The van der Waals surface area contributed by atoms with Crippen LogP contribution in [0.1, 0.15) is 42.9 Å². The number of nitrogens with zero attached hydrogens (tertiary/aromatic N) is 4. The Morgan fingerprint density at radius 1 is 1.18 bits per heavy atom. The van der Waals surface area contributed by atoms with E-state index in [0.29, 0.717) is 50.5 Å². The third-order valence-electron chi connectivity index (χ3n) is 7.30. The zero-order chi connectivity index (χ0) is 23.5. The first-order valence-electron chi connectivity index (χ1n) is 11.2. The minimum absolute atomic E-state index is 0.0493. The minimum Gasteiger partial charge on any atom is -0.342 e. The monoisotopic (exact) mass is 471 g/mol. The lowest BCUT2D eigenvalue weighted by Gasteiger charge is -2.40. The molecule has 1 N–H and O–H groups in total. The Morgan fingerprint density at radius 2 is 1.91 bits per heavy atom. The molecule has 1 aromatic carbocycles. The Bertz CT molecular complexity index is 1150. The second-order valence-electron chi connectivity index (χ2n) is 9.82. The van der Waals surface area contributed by atoms with Crippen molar-refractivity contribution >= 4 is 34.8 Å². The Balaban J connectivity index is 1.39. The molecule has 7 nitrogen and oxygen atoms in total. The summed E-state index contributed by atoms with van der Waals surface area (Å²) in [6, 6.07) is 8.39. The van der Waals surface area contributed by atoms with Gasteiger partial charge in [-0.1, -0.05) is 25.4 Å². The Hall–Kier alpha value is -2.71. The summed E-state index contributed by atoms with van der Waals surface area (Å²) in [5.74, 6) is -0.543. The number of benzene rings is 1. The van der Waals surface area contributed by atoms with Crippen molar-refractivity contribution in [3.63, 3.8) is 0 Å². The quantitative estimate of drug-likeness (QED) is 0.728. The van der Waals surface area contributed by atoms with Gasteiger partial charge in [-0.2, -0.15) is 0 Å². The van der Waals surface area contributed by atoms with Gasteiger partial charge in [-0.15, -0.1) is 0 Å². The summed E-state index contributed by atoms with van der Waals surface area (Å²) in [6.07, 6.45) is 1.21. The molecule has 0 bridgehead atoms. The standard InChI is InChI=1S/C24H27ClFN5O2/c1-23(2)13-31(15-4-5-16(25)17(26)12-15)19-7-6-18(28-20(19)23)21(32)30-10-8-24(9-11-30)22(33)27-14-29(24)3/h4-7,12H,8-11,13-14H2,1-3H3,(H,27,33). The van der Waals surface area contributed by atoms with Gasteiger partial charge in [0.05, 0.1) is 23.1 Å². The van der Waals surface area contributed by atoms with E-state index in [2.05, 4.69) is 19.2 Å². The minimum atomic E-state index is -0.515. The van der Waals surface area contributed by atoms with Crippen LogP contribution < -0.4 is 10.2 Å². The van der Waals surface area contributed by atoms with Gasteiger partial charge >= 0.3 is 0 Å². The lowest BCUT2D eigenvalue weighted by Crippen LogP contribution is -2.56. The molecule has 2 amide bonds. The second-order valence-corrected chi connectivity index (χ2v) is 10.2. The number of carbonyl (C=O) groups is 2. The highest BCUT2D eigenvalue weighted by Crippen LogP contribution is 2.44. The van der Waals surface area contributed by atoms with Crippen molar-refractivity contribution in [3.8, 4) is 0 Å². The van der Waals surface area contributed by atoms with Gasteiger partial charge in [0, 0.05) is 30.7 Å². The van der Waals surface area contributed by atoms with Crippen LogP contribution in [0.15, 0.2) is 30.3 Å². The van der Waals surface area contributed by atoms with Crippen LogP contribution in [-0.4, -0.2) is 65.5 Å². The van der Waals surface area contributed by atoms with Gasteiger partial charge in [-0.05, 0) is 50.2 Å². The molecule has 5 rings (SSSR count). The SMILES string of the molecule is CN1CNC(=O)C12CCN(C(=O)c1ccc3c(n1)C(C)(C)CN3c1ccc(Cl)c(F)c1)CC2. The number of piperidine rings is 1. The maximum Gasteiger partial charge on any atom is 0.272 e. The fourth-order valence-corrected chi connectivity index (χ4v) is 5.37. The number of amides is 2. The van der Waals surface area contributed by atoms with E-state index in [1.54, 1.807) is 23.1 Å². The highest BCUT2D eigenvalue weighted by atomic mass is 35.5. The Kier molecular flexibility index (Phi) is 5.14. The van der Waals surface area contributed by atoms with Gasteiger partial charge in [0.15, 0.2) is 0 Å². The Morgan fingerprint density at radius 3 is 2.55 bits per heavy atom. The van der Waals surface area contributed by atoms with Gasteiger partial charge in [0.2, 0.25) is 5.91 Å². The largest absolute Gasteiger partial charge is 0.342 e. The molecule has 1 aromatic heterocycles. The number of likely N-dealkylation sites (N-methyl/N-ethyl adjacent to an activating group) is 1. The smallest absolute Gasteiger partial charge is 0.272 e. The van der Waals surface area contributed by atoms with Crippen LogP contribution >= 0.6 is 11.6 Å². The van der Waals surface area contributed by atoms with E-state index in [0.717, 1.165) is 11.4 Å². The topological polar surface area (TPSA) is 68.8 Å². The molecule has 4 heterocycles. The van der Waals surface area contributed by atoms with Crippen molar-refractivity contribution in [1.29, 1.82) is 0 Å². The number of nitrogens with one attached hydrogen (secondary N) is 1. The summed E-state index contributed by atoms with van der Waals surface area (Å²) >= 11 is 5.86. The number of aromatic nitrogens is 1. The summed E-state index contributed by atoms with van der Waals surface area (Å²) in [6.45, 7) is 6.31. The normalized spacial score (nSPS) is 21.4. The van der Waals surface area contributed by atoms with E-state index in [1.165, 1.54) is 6.07 Å². The van der Waals surface area contributed by atoms with E-state index in [-0.39, 0.29) is 22.3 Å². The van der Waals surface area contributed by atoms with Crippen molar-refractivity contribution in [2.45, 2.75) is 37.6 Å². The molecule has 174 valence electrons. The molecule has 1 spiro atoms. The maximum atomic E-state index is 14.1. The first kappa shape index (κ1) is 22.1. The van der Waals surface area contributed by atoms with Crippen LogP contribution in [0.25, 0.3) is 0 Å². The first-order valence-corrected chi connectivity index (χ1v) is 11.5. The number of hydrogen-bond donors (Lipinski definition) is 1. The molecule has 0 aliphatic carbocycles. The van der Waals surface area contributed by atoms with Crippen molar-refractivity contribution < 1.29 is 14.0 Å². The third-order valence-corrected chi connectivity index (χ3v) is 7.61. The highest BCUT2D eigenvalue weighted by Gasteiger charge is 2.49. The van der Waals surface area contributed by atoms with Crippen LogP contribution in [-0.2, 0) is 10.2 Å². The number of hydrogen-bond acceptors (Lipinski definition) is 5. The molecular formula is C24H27ClFN5O2. The third kappa shape index (κ3) is 3.47. The van der Waals surface area contributed by atoms with Crippen molar-refractivity contribution in [2.75, 3.05) is 38.3 Å². The molecule has 0 unspecified atom stereocenters. The van der Waals surface area contributed by atoms with E-state index in [9.17, 15) is 14.0 Å². The molecule has 0 radical (unpaired) electrons. The van der Waals surface area contributed by atoms with Crippen molar-refractivity contribution in [3.05, 3.63) is 52.6 Å². The molecule has 2 saturated heterocycles. The highest BCUT2D eigenvalue weighted by molar-refractivity contribution is 6.30. The average Bonchev–Trinajstić information content (AvgIpc) is 3.23. The number of fused-ring (bicyclic) bond motifs is 1. The van der Waals surface area contributed by atoms with E-state index < -0.39 is 11.4 Å². The van der Waals surface area contributed by atoms with Crippen LogP contribution in [0, 0.1) is 5.82 Å². The second kappa shape index (κ2) is 7.67. The molecule has 33 heavy (non-hydrogen) atoms. The fourth-order valence-electron chi connectivity index (χ4n) is 5.26. The average molecular weight is 472 g/mol. The van der Waals surface area contributed by atoms with Crippen LogP contribution in [0.2, 0.25) is 5.02 Å². The zero-order valence-electron chi connectivity index (χ0n) is 19.0. The number of anilines is 2. The predicted octanol–water partition coefficient (Wildman–Crippen LogP) is 3.30. The van der Waals surface area contributed by atoms with E-state index in [1.807, 2.05) is 22.9 Å². The van der Waals surface area contributed by atoms with Gasteiger partial charge in [0.1, 0.15) is 17.1 Å². The molecule has 2 fully saturated rings. The van der Waals surface area contributed by atoms with Gasteiger partial charge in [-0.3, -0.25) is 14.5 Å². The van der Waals surface area contributed by atoms with Crippen molar-refractivity contribution in [2.24, 2.45) is 0 Å². The maximum absolute atomic E-state index is 14.1. The summed E-state index contributed by atoms with van der Waals surface area (Å²) in [5.41, 5.74) is 1.93. The van der Waals surface area contributed by atoms with Crippen molar-refractivity contribution in [1.82, 2.24) is 20.1 Å². The van der Waals surface area contributed by atoms with Gasteiger partial charge in [-0.25, -0.2) is 9.37 Å². The van der Waals surface area contributed by atoms with Crippen LogP contribution in [0.5, 0.6) is 0 Å². The summed E-state index contributed by atoms with van der Waals surface area (Å²) in [4.78, 5) is 36.3. The molecular weight excluding hydrogens is 445 g/mol. The number of carbonyl (C=O) groups excluding carboxylic acids is 2. The number of rotatable bonds is 2. The number of halogens is 2. The van der Waals surface area contributed by atoms with Crippen LogP contribution in [0.3, 0.4) is 0 Å². The summed E-state index contributed by atoms with van der Waals surface area (Å²) in [7, 11) is 1.94. The number of pyridine rings is 1. The fraction of sp³-hybridized carbons (Fsp3) is 0.458. The molecule has 3 aliphatic rings. The van der Waals surface area contributed by atoms with E-state index in [4.69, 9.17) is 16.6 Å². The molecule has 2 aromatic rings. The summed E-state index contributed by atoms with van der Waals surface area (Å²) in [5, 5.41) is 2.99. The molecule has 3 aliphatic heterocycles. The van der Waals surface area contributed by atoms with Gasteiger partial charge < -0.3 is 15.1 Å². The lowest BCUT2D eigenvalue weighted by atomic mass is 9.86. The van der Waals surface area contributed by atoms with E-state index >= 15 is 0 Å². The Labute approximate surface area is 197 Å². The molecule has 9 heteroatoms. The van der Waals surface area contributed by atoms with Crippen LogP contribution in [0.4, 0.5) is 15.8 Å².